The summed E-state index contributed by atoms with van der Waals surface area (Å²) in [7, 11) is 1.84. The summed E-state index contributed by atoms with van der Waals surface area (Å²) in [5.74, 6) is 0. The zero-order valence-electron chi connectivity index (χ0n) is 11.4. The van der Waals surface area contributed by atoms with Gasteiger partial charge in [0.1, 0.15) is 10.5 Å². The molecular formula is C13H13IN5PS. The summed E-state index contributed by atoms with van der Waals surface area (Å²) in [5, 5.41) is 16.5. The lowest BCUT2D eigenvalue weighted by Crippen LogP contribution is -2.09. The summed E-state index contributed by atoms with van der Waals surface area (Å²) in [6, 6.07) is 0. The van der Waals surface area contributed by atoms with Crippen molar-refractivity contribution in [3.8, 4) is 0 Å². The van der Waals surface area contributed by atoms with Gasteiger partial charge < -0.3 is 5.32 Å². The average molecular weight is 429 g/mol. The average Bonchev–Trinajstić information content (AvgIpc) is 3.01. The topological polar surface area (TPSA) is 66.6 Å². The van der Waals surface area contributed by atoms with Gasteiger partial charge >= 0.3 is 0 Å². The molecule has 2 heterocycles. The van der Waals surface area contributed by atoms with E-state index in [4.69, 9.17) is 5.41 Å². The predicted molar refractivity (Wildman–Crippen MR) is 99.7 cm³/mol. The van der Waals surface area contributed by atoms with Gasteiger partial charge in [0, 0.05) is 24.4 Å². The molecule has 0 bridgehead atoms. The van der Waals surface area contributed by atoms with Crippen LogP contribution in [-0.2, 0) is 0 Å². The van der Waals surface area contributed by atoms with E-state index in [2.05, 4.69) is 37.4 Å². The van der Waals surface area contributed by atoms with Crippen molar-refractivity contribution >= 4 is 61.4 Å². The molecule has 0 aliphatic heterocycles. The van der Waals surface area contributed by atoms with Crippen LogP contribution in [0.15, 0.2) is 35.7 Å². The largest absolute Gasteiger partial charge is 0.393 e. The van der Waals surface area contributed by atoms with Crippen molar-refractivity contribution in [2.75, 3.05) is 7.05 Å². The number of hydrogen-bond donors (Lipinski definition) is 2. The van der Waals surface area contributed by atoms with Gasteiger partial charge in [-0.05, 0) is 46.7 Å². The fraction of sp³-hybridized carbons (Fsp3) is 0.154. The van der Waals surface area contributed by atoms with Gasteiger partial charge in [0.05, 0.1) is 18.3 Å². The van der Waals surface area contributed by atoms with Crippen molar-refractivity contribution in [1.82, 2.24) is 19.9 Å². The Hall–Kier alpha value is -1.05. The maximum atomic E-state index is 8.08. The summed E-state index contributed by atoms with van der Waals surface area (Å²) in [4.78, 5) is 5.62. The first-order valence-corrected chi connectivity index (χ1v) is 11.1. The number of aromatic nitrogens is 3. The monoisotopic (exact) mass is 429 g/mol. The smallest absolute Gasteiger partial charge is 0.166 e. The van der Waals surface area contributed by atoms with E-state index in [0.717, 1.165) is 32.1 Å². The second-order valence-corrected chi connectivity index (χ2v) is 7.61. The molecule has 0 aromatic carbocycles. The highest BCUT2D eigenvalue weighted by atomic mass is 127. The summed E-state index contributed by atoms with van der Waals surface area (Å²) in [6.07, 6.45) is 8.43. The third kappa shape index (κ3) is 2.82. The zero-order valence-corrected chi connectivity index (χ0v) is 15.4. The van der Waals surface area contributed by atoms with Crippen LogP contribution in [0.5, 0.6) is 0 Å². The van der Waals surface area contributed by atoms with Crippen LogP contribution >= 0.6 is 39.8 Å². The van der Waals surface area contributed by atoms with Crippen molar-refractivity contribution in [3.05, 3.63) is 40.7 Å². The Bertz CT molecular complexity index is 782. The molecule has 1 aliphatic rings. The summed E-state index contributed by atoms with van der Waals surface area (Å²) < 4.78 is 1.91. The lowest BCUT2D eigenvalue weighted by atomic mass is 9.95. The summed E-state index contributed by atoms with van der Waals surface area (Å²) in [6.45, 7) is 1.95. The summed E-state index contributed by atoms with van der Waals surface area (Å²) >= 11 is 3.89. The maximum Gasteiger partial charge on any atom is 0.166 e. The molecule has 0 fully saturated rings. The standard InChI is InChI=1S/C13H13IN5PS/c1-7-3-8(4-9(5-16-2)11(7)15)12-17-10-6-19(20-14)18-13(10)21-12/h3-6,15-16,20H,1-2H3/b9-5-,15-11?. The SMILES string of the molecule is CN/C=C1/C=C(c2nc3cn(PI)nc3s2)C=C(C)C1=N. The van der Waals surface area contributed by atoms with E-state index in [1.165, 1.54) is 0 Å². The third-order valence-corrected chi connectivity index (χ3v) is 5.97. The van der Waals surface area contributed by atoms with Crippen molar-refractivity contribution in [2.24, 2.45) is 0 Å². The quantitative estimate of drug-likeness (QED) is 0.577. The molecule has 2 N–H and O–H groups in total. The van der Waals surface area contributed by atoms with Crippen LogP contribution in [0.25, 0.3) is 15.9 Å². The van der Waals surface area contributed by atoms with Gasteiger partial charge in [0.25, 0.3) is 0 Å². The third-order valence-electron chi connectivity index (χ3n) is 3.08. The Balaban J connectivity index is 2.04. The van der Waals surface area contributed by atoms with Gasteiger partial charge in [-0.25, -0.2) is 9.44 Å². The molecule has 2 aromatic rings. The van der Waals surface area contributed by atoms with Crippen LogP contribution < -0.4 is 5.32 Å². The minimum absolute atomic E-state index is 0.547. The molecule has 5 nitrogen and oxygen atoms in total. The molecule has 3 rings (SSSR count). The Kier molecular flexibility index (Phi) is 4.24. The highest BCUT2D eigenvalue weighted by Crippen LogP contribution is 2.33. The van der Waals surface area contributed by atoms with E-state index in [0.29, 0.717) is 12.1 Å². The zero-order chi connectivity index (χ0) is 15.0. The van der Waals surface area contributed by atoms with E-state index in [1.54, 1.807) is 11.3 Å². The molecule has 8 heteroatoms. The lowest BCUT2D eigenvalue weighted by molar-refractivity contribution is 1.04. The Morgan fingerprint density at radius 1 is 1.48 bits per heavy atom. The van der Waals surface area contributed by atoms with Gasteiger partial charge in [0.15, 0.2) is 4.83 Å². The van der Waals surface area contributed by atoms with Crippen molar-refractivity contribution < 1.29 is 0 Å². The molecule has 1 atom stereocenters. The first kappa shape index (κ1) is 14.9. The number of nitrogens with zero attached hydrogens (tertiary/aromatic N) is 3. The van der Waals surface area contributed by atoms with Gasteiger partial charge in [-0.15, -0.1) is 0 Å². The number of fused-ring (bicyclic) bond motifs is 1. The minimum atomic E-state index is 0.547. The number of hydrogen-bond acceptors (Lipinski definition) is 5. The first-order chi connectivity index (χ1) is 10.1. The molecule has 0 radical (unpaired) electrons. The van der Waals surface area contributed by atoms with Gasteiger partial charge in [0.2, 0.25) is 0 Å². The van der Waals surface area contributed by atoms with Crippen molar-refractivity contribution in [1.29, 1.82) is 5.41 Å². The number of rotatable bonds is 3. The Morgan fingerprint density at radius 2 is 2.29 bits per heavy atom. The van der Waals surface area contributed by atoms with E-state index < -0.39 is 0 Å². The molecule has 0 saturated heterocycles. The number of thiazole rings is 1. The molecule has 1 aliphatic carbocycles. The second kappa shape index (κ2) is 5.98. The van der Waals surface area contributed by atoms with Crippen LogP contribution in [0.1, 0.15) is 11.9 Å². The van der Waals surface area contributed by atoms with Gasteiger partial charge in [-0.1, -0.05) is 11.3 Å². The lowest BCUT2D eigenvalue weighted by Gasteiger charge is -2.13. The number of halogens is 1. The van der Waals surface area contributed by atoms with Crippen LogP contribution in [0.2, 0.25) is 0 Å². The predicted octanol–water partition coefficient (Wildman–Crippen LogP) is 3.75. The van der Waals surface area contributed by atoms with E-state index in [-0.39, 0.29) is 0 Å². The molecule has 1 unspecified atom stereocenters. The first-order valence-electron chi connectivity index (χ1n) is 6.22. The van der Waals surface area contributed by atoms with E-state index in [9.17, 15) is 0 Å². The molecule has 0 amide bonds. The van der Waals surface area contributed by atoms with E-state index in [1.807, 2.05) is 43.0 Å². The molecule has 2 aromatic heterocycles. The van der Waals surface area contributed by atoms with Crippen molar-refractivity contribution in [3.63, 3.8) is 0 Å². The number of allylic oxidation sites excluding steroid dienone is 5. The molecule has 21 heavy (non-hydrogen) atoms. The van der Waals surface area contributed by atoms with Crippen LogP contribution in [0.3, 0.4) is 0 Å². The van der Waals surface area contributed by atoms with Gasteiger partial charge in [-0.3, -0.25) is 5.41 Å². The van der Waals surface area contributed by atoms with Crippen LogP contribution in [0.4, 0.5) is 0 Å². The van der Waals surface area contributed by atoms with Crippen LogP contribution in [-0.4, -0.2) is 27.3 Å². The second-order valence-electron chi connectivity index (χ2n) is 4.56. The highest BCUT2D eigenvalue weighted by Gasteiger charge is 2.17. The normalized spacial score (nSPS) is 17.9. The number of nitrogens with one attached hydrogen (secondary N) is 2. The van der Waals surface area contributed by atoms with Crippen molar-refractivity contribution in [2.45, 2.75) is 6.92 Å². The molecule has 0 saturated carbocycles. The van der Waals surface area contributed by atoms with Crippen LogP contribution in [0, 0.1) is 5.41 Å². The molecular weight excluding hydrogens is 416 g/mol. The minimum Gasteiger partial charge on any atom is -0.393 e. The fourth-order valence-corrected chi connectivity index (χ4v) is 4.11. The highest BCUT2D eigenvalue weighted by molar-refractivity contribution is 14.2. The van der Waals surface area contributed by atoms with E-state index >= 15 is 0 Å². The van der Waals surface area contributed by atoms with Gasteiger partial charge in [-0.2, -0.15) is 5.10 Å². The maximum absolute atomic E-state index is 8.08. The fourth-order valence-electron chi connectivity index (χ4n) is 2.10. The Labute approximate surface area is 141 Å². The summed E-state index contributed by atoms with van der Waals surface area (Å²) in [5.41, 5.74) is 4.34. The molecule has 0 spiro atoms. The Morgan fingerprint density at radius 3 is 2.95 bits per heavy atom. The molecule has 108 valence electrons.